The normalized spacial score (nSPS) is 14.1. The van der Waals surface area contributed by atoms with E-state index in [1.54, 1.807) is 33.8 Å². The molecule has 0 aliphatic carbocycles. The summed E-state index contributed by atoms with van der Waals surface area (Å²) < 4.78 is 5.35. The second-order valence-electron chi connectivity index (χ2n) is 6.82. The van der Waals surface area contributed by atoms with Gasteiger partial charge in [-0.15, -0.1) is 0 Å². The minimum absolute atomic E-state index is 0.286. The third-order valence-corrected chi connectivity index (χ3v) is 4.09. The number of aromatic nitrogens is 1. The zero-order chi connectivity index (χ0) is 18.1. The standard InChI is InChI=1S/C18H21ClN2O3/c1-17(2,3)24-16(23)21(5)18(4,11-22)14-10-12-8-6-7-9-13(12)15(19)20-14/h6-11H,1-5H3. The molecule has 0 radical (unpaired) electrons. The van der Waals surface area contributed by atoms with Crippen LogP contribution in [0.15, 0.2) is 30.3 Å². The second-order valence-corrected chi connectivity index (χ2v) is 7.18. The Morgan fingerprint density at radius 2 is 1.88 bits per heavy atom. The highest BCUT2D eigenvalue weighted by Gasteiger charge is 2.38. The highest BCUT2D eigenvalue weighted by atomic mass is 35.5. The lowest BCUT2D eigenvalue weighted by Gasteiger charge is -2.35. The summed E-state index contributed by atoms with van der Waals surface area (Å²) in [6, 6.07) is 9.23. The summed E-state index contributed by atoms with van der Waals surface area (Å²) in [5.74, 6) is 0. The summed E-state index contributed by atoms with van der Waals surface area (Å²) in [7, 11) is 1.51. The number of hydrogen-bond donors (Lipinski definition) is 0. The molecule has 2 aromatic rings. The smallest absolute Gasteiger partial charge is 0.411 e. The van der Waals surface area contributed by atoms with Gasteiger partial charge in [-0.3, -0.25) is 4.90 Å². The molecule has 0 saturated heterocycles. The summed E-state index contributed by atoms with van der Waals surface area (Å²) in [6.45, 7) is 6.91. The summed E-state index contributed by atoms with van der Waals surface area (Å²) in [6.07, 6.45) is 0.0628. The molecule has 0 bridgehead atoms. The first-order valence-electron chi connectivity index (χ1n) is 7.57. The lowest BCUT2D eigenvalue weighted by atomic mass is 9.96. The molecular formula is C18H21ClN2O3. The van der Waals surface area contributed by atoms with E-state index in [0.717, 1.165) is 10.8 Å². The van der Waals surface area contributed by atoms with Crippen molar-refractivity contribution < 1.29 is 14.3 Å². The van der Waals surface area contributed by atoms with Crippen molar-refractivity contribution in [1.29, 1.82) is 0 Å². The van der Waals surface area contributed by atoms with Crippen LogP contribution in [0.5, 0.6) is 0 Å². The molecule has 1 aromatic heterocycles. The van der Waals surface area contributed by atoms with Crippen molar-refractivity contribution in [3.8, 4) is 0 Å². The Kier molecular flexibility index (Phi) is 4.85. The Bertz CT molecular complexity index is 785. The second kappa shape index (κ2) is 6.40. The van der Waals surface area contributed by atoms with Crippen molar-refractivity contribution in [3.63, 3.8) is 0 Å². The van der Waals surface area contributed by atoms with Gasteiger partial charge < -0.3 is 9.53 Å². The maximum atomic E-state index is 12.4. The molecule has 0 aliphatic rings. The zero-order valence-corrected chi connectivity index (χ0v) is 15.2. The first-order chi connectivity index (χ1) is 11.1. The number of carbonyl (C=O) groups excluding carboxylic acids is 2. The number of aldehydes is 1. The van der Waals surface area contributed by atoms with E-state index >= 15 is 0 Å². The van der Waals surface area contributed by atoms with Gasteiger partial charge in [0.2, 0.25) is 0 Å². The summed E-state index contributed by atoms with van der Waals surface area (Å²) >= 11 is 6.25. The molecule has 0 N–H and O–H groups in total. The van der Waals surface area contributed by atoms with E-state index in [-0.39, 0.29) is 5.15 Å². The van der Waals surface area contributed by atoms with Gasteiger partial charge in [-0.2, -0.15) is 0 Å². The van der Waals surface area contributed by atoms with Gasteiger partial charge in [-0.05, 0) is 39.1 Å². The van der Waals surface area contributed by atoms with Crippen LogP contribution in [0.2, 0.25) is 5.15 Å². The van der Waals surface area contributed by atoms with Crippen LogP contribution in [0.25, 0.3) is 10.8 Å². The van der Waals surface area contributed by atoms with Gasteiger partial charge in [0.25, 0.3) is 0 Å². The zero-order valence-electron chi connectivity index (χ0n) is 14.5. The minimum atomic E-state index is -1.30. The molecule has 0 aliphatic heterocycles. The largest absolute Gasteiger partial charge is 0.444 e. The molecule has 2 rings (SSSR count). The van der Waals surface area contributed by atoms with E-state index in [9.17, 15) is 9.59 Å². The first-order valence-corrected chi connectivity index (χ1v) is 7.95. The first kappa shape index (κ1) is 18.2. The number of carbonyl (C=O) groups is 2. The molecule has 0 saturated carbocycles. The molecule has 128 valence electrons. The Morgan fingerprint density at radius 1 is 1.25 bits per heavy atom. The molecule has 1 atom stereocenters. The number of ether oxygens (including phenoxy) is 1. The van der Waals surface area contributed by atoms with E-state index < -0.39 is 17.2 Å². The number of benzene rings is 1. The van der Waals surface area contributed by atoms with Gasteiger partial charge in [-0.1, -0.05) is 35.9 Å². The van der Waals surface area contributed by atoms with Crippen molar-refractivity contribution in [1.82, 2.24) is 9.88 Å². The van der Waals surface area contributed by atoms with Crippen molar-refractivity contribution in [2.45, 2.75) is 38.8 Å². The Balaban J connectivity index is 2.49. The van der Waals surface area contributed by atoms with Gasteiger partial charge in [0.15, 0.2) is 6.29 Å². The van der Waals surface area contributed by atoms with Crippen LogP contribution in [0.1, 0.15) is 33.4 Å². The van der Waals surface area contributed by atoms with Crippen LogP contribution in [-0.2, 0) is 15.1 Å². The van der Waals surface area contributed by atoms with E-state index in [1.807, 2.05) is 24.3 Å². The Morgan fingerprint density at radius 3 is 2.46 bits per heavy atom. The highest BCUT2D eigenvalue weighted by molar-refractivity contribution is 6.34. The molecule has 1 aromatic carbocycles. The fraction of sp³-hybridized carbons (Fsp3) is 0.389. The van der Waals surface area contributed by atoms with Gasteiger partial charge in [0.1, 0.15) is 16.3 Å². The Labute approximate surface area is 146 Å². The quantitative estimate of drug-likeness (QED) is 0.617. The number of nitrogens with zero attached hydrogens (tertiary/aromatic N) is 2. The lowest BCUT2D eigenvalue weighted by Crippen LogP contribution is -2.48. The monoisotopic (exact) mass is 348 g/mol. The SMILES string of the molecule is CN(C(=O)OC(C)(C)C)C(C)(C=O)c1cc2ccccc2c(Cl)n1. The molecule has 0 fully saturated rings. The number of halogens is 1. The maximum absolute atomic E-state index is 12.4. The van der Waals surface area contributed by atoms with Crippen LogP contribution < -0.4 is 0 Å². The highest BCUT2D eigenvalue weighted by Crippen LogP contribution is 2.30. The average molecular weight is 349 g/mol. The molecule has 0 spiro atoms. The number of amides is 1. The number of pyridine rings is 1. The van der Waals surface area contributed by atoms with Gasteiger partial charge in [0.05, 0.1) is 5.69 Å². The number of hydrogen-bond acceptors (Lipinski definition) is 4. The summed E-state index contributed by atoms with van der Waals surface area (Å²) in [5, 5.41) is 1.92. The van der Waals surface area contributed by atoms with Crippen LogP contribution in [0, 0.1) is 0 Å². The van der Waals surface area contributed by atoms with E-state index in [2.05, 4.69) is 4.98 Å². The number of likely N-dealkylation sites (N-methyl/N-ethyl adjacent to an activating group) is 1. The predicted molar refractivity (Wildman–Crippen MR) is 94.2 cm³/mol. The van der Waals surface area contributed by atoms with Crippen molar-refractivity contribution >= 4 is 34.8 Å². The molecule has 6 heteroatoms. The van der Waals surface area contributed by atoms with Crippen molar-refractivity contribution in [3.05, 3.63) is 41.2 Å². The number of fused-ring (bicyclic) bond motifs is 1. The van der Waals surface area contributed by atoms with Gasteiger partial charge in [0, 0.05) is 12.4 Å². The van der Waals surface area contributed by atoms with Crippen LogP contribution in [-0.4, -0.2) is 34.9 Å². The molecular weight excluding hydrogens is 328 g/mol. The van der Waals surface area contributed by atoms with E-state index in [4.69, 9.17) is 16.3 Å². The molecule has 5 nitrogen and oxygen atoms in total. The molecule has 1 heterocycles. The molecule has 1 amide bonds. The summed E-state index contributed by atoms with van der Waals surface area (Å²) in [4.78, 5) is 29.8. The predicted octanol–water partition coefficient (Wildman–Crippen LogP) is 4.17. The van der Waals surface area contributed by atoms with Crippen LogP contribution in [0.4, 0.5) is 4.79 Å². The average Bonchev–Trinajstić information content (AvgIpc) is 2.51. The lowest BCUT2D eigenvalue weighted by molar-refractivity contribution is -0.117. The minimum Gasteiger partial charge on any atom is -0.444 e. The maximum Gasteiger partial charge on any atom is 0.411 e. The molecule has 24 heavy (non-hydrogen) atoms. The van der Waals surface area contributed by atoms with Crippen molar-refractivity contribution in [2.75, 3.05) is 7.05 Å². The third kappa shape index (κ3) is 3.51. The number of rotatable bonds is 3. The fourth-order valence-corrected chi connectivity index (χ4v) is 2.51. The van der Waals surface area contributed by atoms with Crippen LogP contribution in [0.3, 0.4) is 0 Å². The van der Waals surface area contributed by atoms with E-state index in [0.29, 0.717) is 12.0 Å². The van der Waals surface area contributed by atoms with Crippen molar-refractivity contribution in [2.24, 2.45) is 0 Å². The molecule has 1 unspecified atom stereocenters. The van der Waals surface area contributed by atoms with E-state index in [1.165, 1.54) is 11.9 Å². The fourth-order valence-electron chi connectivity index (χ4n) is 2.25. The summed E-state index contributed by atoms with van der Waals surface area (Å²) in [5.41, 5.74) is -1.57. The van der Waals surface area contributed by atoms with Gasteiger partial charge >= 0.3 is 6.09 Å². The topological polar surface area (TPSA) is 59.5 Å². The third-order valence-electron chi connectivity index (χ3n) is 3.81. The Hall–Kier alpha value is -2.14. The van der Waals surface area contributed by atoms with Crippen LogP contribution >= 0.6 is 11.6 Å². The van der Waals surface area contributed by atoms with Gasteiger partial charge in [-0.25, -0.2) is 9.78 Å².